The van der Waals surface area contributed by atoms with Crippen molar-refractivity contribution < 1.29 is 27.1 Å². The summed E-state index contributed by atoms with van der Waals surface area (Å²) >= 11 is 0. The number of benzene rings is 1. The van der Waals surface area contributed by atoms with E-state index in [4.69, 9.17) is 5.11 Å². The summed E-state index contributed by atoms with van der Waals surface area (Å²) in [7, 11) is -3.73. The van der Waals surface area contributed by atoms with Crippen LogP contribution in [0.5, 0.6) is 0 Å². The number of nitrogens with one attached hydrogen (secondary N) is 2. The molecule has 0 radical (unpaired) electrons. The van der Waals surface area contributed by atoms with Crippen LogP contribution >= 0.6 is 0 Å². The van der Waals surface area contributed by atoms with E-state index >= 15 is 0 Å². The molecular formula is C23H28F2N6O4S. The largest absolute Gasteiger partial charge is 0.395 e. The summed E-state index contributed by atoms with van der Waals surface area (Å²) in [5.74, 6) is -3.38. The zero-order valence-corrected chi connectivity index (χ0v) is 20.4. The number of carbonyl (C=O) groups excluding carboxylic acids is 1. The molecule has 2 aromatic rings. The smallest absolute Gasteiger partial charge is 0.282 e. The van der Waals surface area contributed by atoms with Gasteiger partial charge in [0.1, 0.15) is 5.82 Å². The van der Waals surface area contributed by atoms with Crippen molar-refractivity contribution in [2.24, 2.45) is 5.41 Å². The third-order valence-electron chi connectivity index (χ3n) is 7.01. The van der Waals surface area contributed by atoms with Crippen LogP contribution in [-0.2, 0) is 10.0 Å². The Bertz CT molecular complexity index is 1250. The van der Waals surface area contributed by atoms with Crippen LogP contribution in [0, 0.1) is 5.41 Å². The van der Waals surface area contributed by atoms with Crippen molar-refractivity contribution in [2.75, 3.05) is 58.4 Å². The van der Waals surface area contributed by atoms with Crippen LogP contribution in [0.4, 0.5) is 31.9 Å². The highest BCUT2D eigenvalue weighted by Gasteiger charge is 2.46. The van der Waals surface area contributed by atoms with E-state index in [0.29, 0.717) is 22.4 Å². The molecule has 0 atom stereocenters. The number of sulfonamides is 1. The van der Waals surface area contributed by atoms with Crippen LogP contribution in [0.15, 0.2) is 30.5 Å². The van der Waals surface area contributed by atoms with E-state index < -0.39 is 47.3 Å². The number of amides is 1. The maximum absolute atomic E-state index is 13.3. The van der Waals surface area contributed by atoms with Crippen molar-refractivity contribution >= 4 is 39.1 Å². The molecule has 36 heavy (non-hydrogen) atoms. The predicted molar refractivity (Wildman–Crippen MR) is 131 cm³/mol. The molecule has 0 bridgehead atoms. The van der Waals surface area contributed by atoms with Crippen molar-refractivity contribution in [3.8, 4) is 0 Å². The van der Waals surface area contributed by atoms with Gasteiger partial charge >= 0.3 is 0 Å². The molecule has 3 aliphatic rings. The molecule has 1 aromatic carbocycles. The van der Waals surface area contributed by atoms with Crippen molar-refractivity contribution in [3.05, 3.63) is 36.0 Å². The summed E-state index contributed by atoms with van der Waals surface area (Å²) in [6, 6.07) is 6.14. The van der Waals surface area contributed by atoms with Gasteiger partial charge in [-0.05, 0) is 55.4 Å². The lowest BCUT2D eigenvalue weighted by Crippen LogP contribution is -2.57. The van der Waals surface area contributed by atoms with Gasteiger partial charge in [0.2, 0.25) is 16.0 Å². The lowest BCUT2D eigenvalue weighted by atomic mass is 9.93. The number of hydrogen-bond donors (Lipinski definition) is 3. The summed E-state index contributed by atoms with van der Waals surface area (Å²) in [6.07, 6.45) is 5.84. The Morgan fingerprint density at radius 3 is 2.44 bits per heavy atom. The summed E-state index contributed by atoms with van der Waals surface area (Å²) in [6.45, 7) is 0.0338. The number of alkyl halides is 2. The molecule has 1 spiro atoms. The van der Waals surface area contributed by atoms with Crippen LogP contribution in [0.1, 0.15) is 36.0 Å². The quantitative estimate of drug-likeness (QED) is 0.482. The Hall–Kier alpha value is -3.06. The Morgan fingerprint density at radius 1 is 1.08 bits per heavy atom. The normalized spacial score (nSPS) is 20.1. The predicted octanol–water partition coefficient (Wildman–Crippen LogP) is 2.30. The molecule has 1 aliphatic carbocycles. The average molecular weight is 523 g/mol. The van der Waals surface area contributed by atoms with Crippen molar-refractivity contribution in [1.29, 1.82) is 0 Å². The minimum Gasteiger partial charge on any atom is -0.395 e. The average Bonchev–Trinajstić information content (AvgIpc) is 3.56. The molecule has 1 saturated carbocycles. The number of aromatic nitrogens is 2. The van der Waals surface area contributed by atoms with Crippen molar-refractivity contribution in [2.45, 2.75) is 31.6 Å². The molecule has 1 aromatic heterocycles. The molecule has 0 unspecified atom stereocenters. The van der Waals surface area contributed by atoms with Gasteiger partial charge in [-0.2, -0.15) is 4.98 Å². The van der Waals surface area contributed by atoms with E-state index in [1.807, 2.05) is 0 Å². The van der Waals surface area contributed by atoms with E-state index in [1.165, 1.54) is 36.1 Å². The molecule has 2 saturated heterocycles. The zero-order chi connectivity index (χ0) is 25.6. The van der Waals surface area contributed by atoms with Crippen molar-refractivity contribution in [1.82, 2.24) is 9.97 Å². The highest BCUT2D eigenvalue weighted by atomic mass is 32.2. The van der Waals surface area contributed by atoms with Crippen LogP contribution < -0.4 is 19.8 Å². The van der Waals surface area contributed by atoms with Gasteiger partial charge in [-0.1, -0.05) is 0 Å². The summed E-state index contributed by atoms with van der Waals surface area (Å²) < 4.78 is 53.2. The number of rotatable bonds is 8. The van der Waals surface area contributed by atoms with Crippen LogP contribution in [-0.4, -0.2) is 73.9 Å². The SMILES string of the molecule is O=C(Nc1ccnc(N2CC(F)(F)C2)n1)c1ccc(NS(=O)(=O)CCO)cc1N1CCC2(CC1)CC2. The van der Waals surface area contributed by atoms with Crippen LogP contribution in [0.3, 0.4) is 0 Å². The number of piperidine rings is 1. The molecule has 10 nitrogen and oxygen atoms in total. The van der Waals surface area contributed by atoms with Gasteiger partial charge in [0.25, 0.3) is 11.8 Å². The number of carbonyl (C=O) groups is 1. The summed E-state index contributed by atoms with van der Waals surface area (Å²) in [5.41, 5.74) is 1.63. The minimum atomic E-state index is -3.73. The molecule has 1 amide bonds. The molecule has 3 heterocycles. The highest BCUT2D eigenvalue weighted by Crippen LogP contribution is 2.54. The number of anilines is 4. The number of hydrogen-bond acceptors (Lipinski definition) is 8. The third-order valence-corrected chi connectivity index (χ3v) is 8.28. The van der Waals surface area contributed by atoms with E-state index in [-0.39, 0.29) is 11.8 Å². The number of nitrogens with zero attached hydrogens (tertiary/aromatic N) is 4. The van der Waals surface area contributed by atoms with Gasteiger partial charge in [-0.25, -0.2) is 22.2 Å². The summed E-state index contributed by atoms with van der Waals surface area (Å²) in [4.78, 5) is 24.9. The fourth-order valence-corrected chi connectivity index (χ4v) is 5.53. The Morgan fingerprint density at radius 2 is 1.81 bits per heavy atom. The standard InChI is InChI=1S/C23H28F2N6O4S/c24-23(25)14-31(15-23)21-26-8-3-19(28-21)27-20(33)17-2-1-16(29-36(34,35)12-11-32)13-18(17)30-9-6-22(4-5-22)7-10-30/h1-3,8,13,29,32H,4-7,9-12,14-15H2,(H,26,27,28,33). The number of halogens is 2. The molecule has 5 rings (SSSR count). The second-order valence-electron chi connectivity index (χ2n) is 9.77. The third kappa shape index (κ3) is 5.36. The molecule has 2 aliphatic heterocycles. The second-order valence-corrected chi connectivity index (χ2v) is 11.6. The maximum Gasteiger partial charge on any atom is 0.282 e. The molecule has 13 heteroatoms. The topological polar surface area (TPSA) is 128 Å². The number of aliphatic hydroxyl groups excluding tert-OH is 1. The fraction of sp³-hybridized carbons (Fsp3) is 0.522. The second kappa shape index (κ2) is 9.11. The molecule has 194 valence electrons. The molecule has 3 N–H and O–H groups in total. The van der Waals surface area contributed by atoms with Crippen LogP contribution in [0.25, 0.3) is 0 Å². The first-order chi connectivity index (χ1) is 17.1. The monoisotopic (exact) mass is 522 g/mol. The summed E-state index contributed by atoms with van der Waals surface area (Å²) in [5, 5.41) is 11.7. The first kappa shape index (κ1) is 24.6. The van der Waals surface area contributed by atoms with Gasteiger partial charge in [-0.3, -0.25) is 9.52 Å². The van der Waals surface area contributed by atoms with Gasteiger partial charge in [0, 0.05) is 19.3 Å². The molecule has 3 fully saturated rings. The maximum atomic E-state index is 13.3. The van der Waals surface area contributed by atoms with Gasteiger partial charge in [0.15, 0.2) is 0 Å². The Kier molecular flexibility index (Phi) is 6.23. The van der Waals surface area contributed by atoms with Gasteiger partial charge in [0.05, 0.1) is 42.4 Å². The van der Waals surface area contributed by atoms with E-state index in [1.54, 1.807) is 12.1 Å². The zero-order valence-electron chi connectivity index (χ0n) is 19.6. The van der Waals surface area contributed by atoms with Gasteiger partial charge < -0.3 is 20.2 Å². The first-order valence-electron chi connectivity index (χ1n) is 11.8. The van der Waals surface area contributed by atoms with Gasteiger partial charge in [-0.15, -0.1) is 0 Å². The highest BCUT2D eigenvalue weighted by molar-refractivity contribution is 7.92. The van der Waals surface area contributed by atoms with E-state index in [0.717, 1.165) is 25.9 Å². The Labute approximate surface area is 207 Å². The van der Waals surface area contributed by atoms with E-state index in [9.17, 15) is 22.0 Å². The van der Waals surface area contributed by atoms with E-state index in [2.05, 4.69) is 24.9 Å². The molecular weight excluding hydrogens is 494 g/mol. The number of aliphatic hydroxyl groups is 1. The Balaban J connectivity index is 1.38. The first-order valence-corrected chi connectivity index (χ1v) is 13.5. The minimum absolute atomic E-state index is 0.110. The van der Waals surface area contributed by atoms with Crippen LogP contribution in [0.2, 0.25) is 0 Å². The van der Waals surface area contributed by atoms with Crippen molar-refractivity contribution in [3.63, 3.8) is 0 Å². The lowest BCUT2D eigenvalue weighted by molar-refractivity contribution is -0.0271. The fourth-order valence-electron chi connectivity index (χ4n) is 4.71. The lowest BCUT2D eigenvalue weighted by Gasteiger charge is -2.38.